The lowest BCUT2D eigenvalue weighted by atomic mass is 10.1. The van der Waals surface area contributed by atoms with E-state index in [9.17, 15) is 4.79 Å². The number of imidazole rings is 1. The van der Waals surface area contributed by atoms with Gasteiger partial charge in [0.2, 0.25) is 5.95 Å². The van der Waals surface area contributed by atoms with Gasteiger partial charge in [-0.25, -0.2) is 9.78 Å². The summed E-state index contributed by atoms with van der Waals surface area (Å²) < 4.78 is 6.76. The largest absolute Gasteiger partial charge is 0.496 e. The van der Waals surface area contributed by atoms with Crippen molar-refractivity contribution in [1.29, 1.82) is 0 Å². The molecule has 8 nitrogen and oxygen atoms in total. The van der Waals surface area contributed by atoms with Gasteiger partial charge >= 0.3 is 5.69 Å². The quantitative estimate of drug-likeness (QED) is 0.540. The summed E-state index contributed by atoms with van der Waals surface area (Å²) in [6.45, 7) is 3.80. The van der Waals surface area contributed by atoms with Crippen molar-refractivity contribution in [2.24, 2.45) is 0 Å². The number of rotatable bonds is 3. The number of methoxy groups -OCH3 is 1. The smallest absolute Gasteiger partial charge is 0.328 e. The predicted octanol–water partition coefficient (Wildman–Crippen LogP) is 2.08. The molecule has 0 fully saturated rings. The van der Waals surface area contributed by atoms with Crippen LogP contribution in [0.2, 0.25) is 10.3 Å². The molecular formula is C14H14Cl2N6O2. The maximum atomic E-state index is 12.3. The Balaban J connectivity index is 2.20. The molecular weight excluding hydrogens is 355 g/mol. The van der Waals surface area contributed by atoms with E-state index in [1.807, 2.05) is 13.8 Å². The van der Waals surface area contributed by atoms with E-state index in [0.717, 1.165) is 11.1 Å². The average molecular weight is 369 g/mol. The standard InChI is InChI=1S/C14H14Cl2N6O2/c1-5-7(18-10(15)6(2)9(5)24-3)4-22-12-8(19-14(22)23)11(16)20-13(17)21-12/h4H2,1-3H3,(H,19,23)(H2,17,20,21). The second-order valence-electron chi connectivity index (χ2n) is 5.22. The van der Waals surface area contributed by atoms with Crippen molar-refractivity contribution in [3.8, 4) is 5.75 Å². The fourth-order valence-corrected chi connectivity index (χ4v) is 2.97. The summed E-state index contributed by atoms with van der Waals surface area (Å²) in [6.07, 6.45) is 0. The topological polar surface area (TPSA) is 112 Å². The van der Waals surface area contributed by atoms with Gasteiger partial charge in [0.05, 0.1) is 19.3 Å². The van der Waals surface area contributed by atoms with Crippen molar-refractivity contribution >= 4 is 40.3 Å². The minimum absolute atomic E-state index is 0.0237. The molecule has 0 radical (unpaired) electrons. The zero-order valence-electron chi connectivity index (χ0n) is 13.1. The Morgan fingerprint density at radius 2 is 1.88 bits per heavy atom. The first-order chi connectivity index (χ1) is 11.3. The molecule has 3 N–H and O–H groups in total. The van der Waals surface area contributed by atoms with Gasteiger partial charge in [-0.1, -0.05) is 23.2 Å². The SMILES string of the molecule is COc1c(C)c(Cl)nc(Cn2c(=O)[nH]c3c(Cl)nc(N)nc32)c1C. The molecule has 3 aromatic rings. The lowest BCUT2D eigenvalue weighted by molar-refractivity contribution is 0.406. The first-order valence-corrected chi connectivity index (χ1v) is 7.70. The first kappa shape index (κ1) is 16.5. The van der Waals surface area contributed by atoms with Gasteiger partial charge < -0.3 is 15.5 Å². The maximum Gasteiger partial charge on any atom is 0.328 e. The number of nitrogen functional groups attached to an aromatic ring is 1. The summed E-state index contributed by atoms with van der Waals surface area (Å²) in [5.74, 6) is 0.606. The summed E-state index contributed by atoms with van der Waals surface area (Å²) in [7, 11) is 1.56. The summed E-state index contributed by atoms with van der Waals surface area (Å²) in [5.41, 5.74) is 7.95. The van der Waals surface area contributed by atoms with E-state index < -0.39 is 5.69 Å². The maximum absolute atomic E-state index is 12.3. The number of hydrogen-bond acceptors (Lipinski definition) is 6. The molecule has 0 amide bonds. The van der Waals surface area contributed by atoms with Crippen LogP contribution < -0.4 is 16.2 Å². The number of fused-ring (bicyclic) bond motifs is 1. The van der Waals surface area contributed by atoms with Crippen molar-refractivity contribution in [1.82, 2.24) is 24.5 Å². The van der Waals surface area contributed by atoms with Crippen molar-refractivity contribution in [3.63, 3.8) is 0 Å². The first-order valence-electron chi connectivity index (χ1n) is 6.94. The van der Waals surface area contributed by atoms with Crippen LogP contribution in [0.25, 0.3) is 11.2 Å². The molecule has 0 aliphatic carbocycles. The molecule has 0 aromatic carbocycles. The molecule has 0 bridgehead atoms. The van der Waals surface area contributed by atoms with Gasteiger partial charge in [0.25, 0.3) is 0 Å². The predicted molar refractivity (Wildman–Crippen MR) is 91.9 cm³/mol. The second kappa shape index (κ2) is 5.95. The van der Waals surface area contributed by atoms with Gasteiger partial charge in [0, 0.05) is 11.1 Å². The van der Waals surface area contributed by atoms with Gasteiger partial charge in [0.1, 0.15) is 16.4 Å². The number of pyridine rings is 1. The number of ether oxygens (including phenoxy) is 1. The molecule has 0 atom stereocenters. The number of nitrogens with one attached hydrogen (secondary N) is 1. The van der Waals surface area contributed by atoms with Crippen molar-refractivity contribution in [2.45, 2.75) is 20.4 Å². The normalized spacial score (nSPS) is 11.2. The second-order valence-corrected chi connectivity index (χ2v) is 5.94. The van der Waals surface area contributed by atoms with Gasteiger partial charge in [0.15, 0.2) is 10.8 Å². The van der Waals surface area contributed by atoms with Crippen molar-refractivity contribution < 1.29 is 4.74 Å². The number of aromatic nitrogens is 5. The van der Waals surface area contributed by atoms with E-state index in [2.05, 4.69) is 19.9 Å². The Morgan fingerprint density at radius 1 is 1.17 bits per heavy atom. The van der Waals surface area contributed by atoms with Crippen LogP contribution in [0.1, 0.15) is 16.8 Å². The highest BCUT2D eigenvalue weighted by atomic mass is 35.5. The molecule has 0 aliphatic rings. The van der Waals surface area contributed by atoms with Crippen LogP contribution in [0.4, 0.5) is 5.95 Å². The summed E-state index contributed by atoms with van der Waals surface area (Å²) in [4.78, 5) is 27.2. The molecule has 0 unspecified atom stereocenters. The summed E-state index contributed by atoms with van der Waals surface area (Å²) in [5, 5.41) is 0.394. The van der Waals surface area contributed by atoms with Crippen LogP contribution in [0.3, 0.4) is 0 Å². The Bertz CT molecular complexity index is 1010. The minimum Gasteiger partial charge on any atom is -0.496 e. The zero-order valence-corrected chi connectivity index (χ0v) is 14.7. The van der Waals surface area contributed by atoms with Crippen LogP contribution in [-0.2, 0) is 6.54 Å². The third-order valence-corrected chi connectivity index (χ3v) is 4.41. The number of hydrogen-bond donors (Lipinski definition) is 2. The van der Waals surface area contributed by atoms with Gasteiger partial charge in [-0.05, 0) is 13.8 Å². The molecule has 3 heterocycles. The Labute approximate surface area is 146 Å². The van der Waals surface area contributed by atoms with E-state index in [-0.39, 0.29) is 17.6 Å². The number of nitrogens with zero attached hydrogens (tertiary/aromatic N) is 4. The highest BCUT2D eigenvalue weighted by molar-refractivity contribution is 6.33. The summed E-state index contributed by atoms with van der Waals surface area (Å²) in [6, 6.07) is 0. The molecule has 24 heavy (non-hydrogen) atoms. The van der Waals surface area contributed by atoms with Crippen molar-refractivity contribution in [2.75, 3.05) is 12.8 Å². The molecule has 0 spiro atoms. The lowest BCUT2D eigenvalue weighted by Crippen LogP contribution is -2.19. The van der Waals surface area contributed by atoms with Crippen LogP contribution in [0, 0.1) is 13.8 Å². The highest BCUT2D eigenvalue weighted by Crippen LogP contribution is 2.30. The minimum atomic E-state index is -0.399. The Kier molecular flexibility index (Phi) is 4.10. The molecule has 0 aliphatic heterocycles. The van der Waals surface area contributed by atoms with Crippen LogP contribution in [0.5, 0.6) is 5.75 Å². The number of H-pyrrole nitrogens is 1. The molecule has 0 saturated carbocycles. The van der Waals surface area contributed by atoms with E-state index >= 15 is 0 Å². The monoisotopic (exact) mass is 368 g/mol. The third-order valence-electron chi connectivity index (χ3n) is 3.76. The van der Waals surface area contributed by atoms with Crippen molar-refractivity contribution in [3.05, 3.63) is 37.6 Å². The van der Waals surface area contributed by atoms with Crippen LogP contribution in [0.15, 0.2) is 4.79 Å². The fourth-order valence-electron chi connectivity index (χ4n) is 2.56. The molecule has 3 rings (SSSR count). The van der Waals surface area contributed by atoms with E-state index in [0.29, 0.717) is 27.8 Å². The Hall–Kier alpha value is -2.32. The van der Waals surface area contributed by atoms with E-state index in [1.54, 1.807) is 7.11 Å². The zero-order chi connectivity index (χ0) is 17.6. The van der Waals surface area contributed by atoms with Gasteiger partial charge in [-0.15, -0.1) is 0 Å². The highest BCUT2D eigenvalue weighted by Gasteiger charge is 2.18. The molecule has 3 aromatic heterocycles. The van der Waals surface area contributed by atoms with E-state index in [1.165, 1.54) is 4.57 Å². The number of nitrogens with two attached hydrogens (primary N) is 1. The number of anilines is 1. The fraction of sp³-hybridized carbons (Fsp3) is 0.286. The molecule has 126 valence electrons. The van der Waals surface area contributed by atoms with Crippen LogP contribution >= 0.6 is 23.2 Å². The van der Waals surface area contributed by atoms with Crippen LogP contribution in [-0.4, -0.2) is 31.6 Å². The van der Waals surface area contributed by atoms with E-state index in [4.69, 9.17) is 33.7 Å². The number of aromatic amines is 1. The number of halogens is 2. The summed E-state index contributed by atoms with van der Waals surface area (Å²) >= 11 is 12.2. The lowest BCUT2D eigenvalue weighted by Gasteiger charge is -2.14. The van der Waals surface area contributed by atoms with Gasteiger partial charge in [-0.2, -0.15) is 9.97 Å². The Morgan fingerprint density at radius 3 is 2.54 bits per heavy atom. The third kappa shape index (κ3) is 2.57. The average Bonchev–Trinajstić information content (AvgIpc) is 2.82. The molecule has 10 heteroatoms. The molecule has 0 saturated heterocycles. The van der Waals surface area contributed by atoms with Gasteiger partial charge in [-0.3, -0.25) is 4.57 Å².